The van der Waals surface area contributed by atoms with Gasteiger partial charge in [-0.3, -0.25) is 14.5 Å². The second kappa shape index (κ2) is 16.9. The van der Waals surface area contributed by atoms with Crippen molar-refractivity contribution in [2.45, 2.75) is 38.5 Å². The van der Waals surface area contributed by atoms with Crippen molar-refractivity contribution >= 4 is 34.0 Å². The van der Waals surface area contributed by atoms with Gasteiger partial charge in [0, 0.05) is 80.5 Å². The van der Waals surface area contributed by atoms with Gasteiger partial charge in [-0.1, -0.05) is 42.5 Å². The van der Waals surface area contributed by atoms with Crippen LogP contribution in [-0.4, -0.2) is 72.8 Å². The largest absolute Gasteiger partial charge is 0.495 e. The topological polar surface area (TPSA) is 96.3 Å². The maximum absolute atomic E-state index is 14.0. The zero-order valence-electron chi connectivity index (χ0n) is 29.6. The zero-order valence-corrected chi connectivity index (χ0v) is 29.6. The van der Waals surface area contributed by atoms with Crippen molar-refractivity contribution in [1.29, 1.82) is 0 Å². The lowest BCUT2D eigenvalue weighted by molar-refractivity contribution is -0.138. The Morgan fingerprint density at radius 2 is 1.58 bits per heavy atom. The van der Waals surface area contributed by atoms with Crippen LogP contribution in [0.1, 0.15) is 46.3 Å². The number of carbonyl (C=O) groups excluding carboxylic acids is 1. The first kappa shape index (κ1) is 37.3. The number of rotatable bonds is 16. The van der Waals surface area contributed by atoms with E-state index in [0.717, 1.165) is 73.6 Å². The van der Waals surface area contributed by atoms with Gasteiger partial charge in [0.1, 0.15) is 11.5 Å². The van der Waals surface area contributed by atoms with Gasteiger partial charge in [-0.25, -0.2) is 0 Å². The number of aryl methyl sites for hydroxylation is 1. The number of piperazine rings is 1. The quantitative estimate of drug-likeness (QED) is 0.0781. The number of para-hydroxylation sites is 3. The van der Waals surface area contributed by atoms with E-state index < -0.39 is 17.7 Å². The van der Waals surface area contributed by atoms with Crippen molar-refractivity contribution in [2.24, 2.45) is 0 Å². The highest BCUT2D eigenvalue weighted by atomic mass is 19.4. The maximum atomic E-state index is 14.0. The van der Waals surface area contributed by atoms with Gasteiger partial charge in [0.2, 0.25) is 0 Å². The summed E-state index contributed by atoms with van der Waals surface area (Å²) in [6.45, 7) is 5.46. The molecule has 5 aromatic rings. The van der Waals surface area contributed by atoms with Crippen molar-refractivity contribution in [3.05, 3.63) is 119 Å². The lowest BCUT2D eigenvalue weighted by Gasteiger charge is -2.36. The van der Waals surface area contributed by atoms with Crippen molar-refractivity contribution in [3.63, 3.8) is 0 Å². The number of aliphatic carboxylic acids is 1. The Morgan fingerprint density at radius 1 is 0.849 bits per heavy atom. The van der Waals surface area contributed by atoms with E-state index in [9.17, 15) is 22.8 Å². The summed E-state index contributed by atoms with van der Waals surface area (Å²) in [7, 11) is 1.68. The van der Waals surface area contributed by atoms with Crippen LogP contribution in [0.3, 0.4) is 0 Å². The molecule has 1 saturated heterocycles. The summed E-state index contributed by atoms with van der Waals surface area (Å²) in [5.41, 5.74) is 3.41. The number of fused-ring (bicyclic) bond motifs is 1. The Hall–Kier alpha value is -5.49. The average molecular weight is 729 g/mol. The molecule has 9 nitrogen and oxygen atoms in total. The number of hydrogen-bond acceptors (Lipinski definition) is 7. The molecular weight excluding hydrogens is 685 g/mol. The Kier molecular flexibility index (Phi) is 11.9. The highest BCUT2D eigenvalue weighted by molar-refractivity contribution is 6.16. The summed E-state index contributed by atoms with van der Waals surface area (Å²) in [5, 5.41) is 13.2. The van der Waals surface area contributed by atoms with Crippen LogP contribution in [-0.2, 0) is 24.1 Å². The molecule has 1 aliphatic rings. The Balaban J connectivity index is 1.15. The van der Waals surface area contributed by atoms with Gasteiger partial charge in [-0.15, -0.1) is 0 Å². The normalized spacial score (nSPS) is 13.6. The molecule has 0 bridgehead atoms. The van der Waals surface area contributed by atoms with E-state index in [-0.39, 0.29) is 18.7 Å². The molecule has 278 valence electrons. The highest BCUT2D eigenvalue weighted by Crippen LogP contribution is 2.32. The summed E-state index contributed by atoms with van der Waals surface area (Å²) in [6.07, 6.45) is -1.44. The SMILES string of the molecule is COc1ccccc1N1CCN(CCCOc2cc(C(=O)c3cn(CCCC(=O)O)c4ccccc34)ccc2NCc2ccc(C(F)(F)F)cc2)CC1. The van der Waals surface area contributed by atoms with Crippen molar-refractivity contribution < 1.29 is 37.3 Å². The molecule has 1 fully saturated rings. The summed E-state index contributed by atoms with van der Waals surface area (Å²) >= 11 is 0. The third-order valence-electron chi connectivity index (χ3n) is 9.51. The van der Waals surface area contributed by atoms with E-state index in [2.05, 4.69) is 21.2 Å². The number of carbonyl (C=O) groups is 2. The standard InChI is InChI=1S/C41H43F3N4O5/c1-52-37-11-5-4-10-36(37)47-23-21-46(22-24-47)19-7-25-53-38-26-30(15-18-34(38)45-27-29-13-16-31(17-14-29)41(42,43)44)40(51)33-28-48(20-6-12-39(49)50)35-9-3-2-8-32(33)35/h2-5,8-11,13-18,26,28,45H,6-7,12,19-25,27H2,1H3,(H,49,50). The van der Waals surface area contributed by atoms with E-state index in [1.807, 2.05) is 47.0 Å². The van der Waals surface area contributed by atoms with Gasteiger partial charge in [-0.05, 0) is 66.9 Å². The number of hydrogen-bond donors (Lipinski definition) is 2. The molecule has 2 heterocycles. The van der Waals surface area contributed by atoms with Gasteiger partial charge in [0.25, 0.3) is 0 Å². The lowest BCUT2D eigenvalue weighted by Crippen LogP contribution is -2.46. The molecule has 6 rings (SSSR count). The number of carboxylic acids is 1. The first-order chi connectivity index (χ1) is 25.6. The summed E-state index contributed by atoms with van der Waals surface area (Å²) < 4.78 is 53.1. The number of alkyl halides is 3. The third kappa shape index (κ3) is 9.31. The number of nitrogens with zero attached hydrogens (tertiary/aromatic N) is 3. The molecule has 1 aliphatic heterocycles. The van der Waals surface area contributed by atoms with Crippen LogP contribution in [0, 0.1) is 0 Å². The molecule has 0 amide bonds. The number of halogens is 3. The Bertz CT molecular complexity index is 2020. The molecule has 1 aromatic heterocycles. The fraction of sp³-hybridized carbons (Fsp3) is 0.317. The number of anilines is 2. The number of aromatic nitrogens is 1. The Morgan fingerprint density at radius 3 is 2.32 bits per heavy atom. The highest BCUT2D eigenvalue weighted by Gasteiger charge is 2.30. The van der Waals surface area contributed by atoms with E-state index >= 15 is 0 Å². The third-order valence-corrected chi connectivity index (χ3v) is 9.51. The minimum atomic E-state index is -4.41. The van der Waals surface area contributed by atoms with Gasteiger partial charge in [0.15, 0.2) is 5.78 Å². The molecule has 0 spiro atoms. The summed E-state index contributed by atoms with van der Waals surface area (Å²) in [6, 6.07) is 25.7. The van der Waals surface area contributed by atoms with E-state index in [4.69, 9.17) is 14.6 Å². The van der Waals surface area contributed by atoms with Gasteiger partial charge >= 0.3 is 12.1 Å². The molecule has 2 N–H and O–H groups in total. The molecular formula is C41H43F3N4O5. The second-order valence-corrected chi connectivity index (χ2v) is 13.0. The van der Waals surface area contributed by atoms with Crippen LogP contribution in [0.15, 0.2) is 97.2 Å². The van der Waals surface area contributed by atoms with Crippen LogP contribution in [0.2, 0.25) is 0 Å². The van der Waals surface area contributed by atoms with Crippen molar-refractivity contribution in [1.82, 2.24) is 9.47 Å². The molecule has 0 atom stereocenters. The van der Waals surface area contributed by atoms with E-state index in [1.54, 1.807) is 31.5 Å². The lowest BCUT2D eigenvalue weighted by atomic mass is 10.0. The number of ketones is 1. The summed E-state index contributed by atoms with van der Waals surface area (Å²) in [5.74, 6) is 0.252. The number of methoxy groups -OCH3 is 1. The number of benzene rings is 4. The fourth-order valence-electron chi connectivity index (χ4n) is 6.68. The van der Waals surface area contributed by atoms with E-state index in [0.29, 0.717) is 47.7 Å². The van der Waals surface area contributed by atoms with Crippen LogP contribution >= 0.6 is 0 Å². The van der Waals surface area contributed by atoms with Crippen LogP contribution < -0.4 is 19.7 Å². The van der Waals surface area contributed by atoms with Crippen molar-refractivity contribution in [3.8, 4) is 11.5 Å². The monoisotopic (exact) mass is 728 g/mol. The predicted octanol–water partition coefficient (Wildman–Crippen LogP) is 7.97. The molecule has 53 heavy (non-hydrogen) atoms. The van der Waals surface area contributed by atoms with Crippen LogP contribution in [0.4, 0.5) is 24.5 Å². The van der Waals surface area contributed by atoms with Gasteiger partial charge < -0.3 is 29.4 Å². The Labute approximate surface area is 306 Å². The smallest absolute Gasteiger partial charge is 0.416 e. The van der Waals surface area contributed by atoms with Gasteiger partial charge in [0.05, 0.1) is 30.7 Å². The molecule has 0 unspecified atom stereocenters. The number of ether oxygens (including phenoxy) is 2. The van der Waals surface area contributed by atoms with Crippen molar-refractivity contribution in [2.75, 3.05) is 56.7 Å². The molecule has 4 aromatic carbocycles. The van der Waals surface area contributed by atoms with Gasteiger partial charge in [-0.2, -0.15) is 13.2 Å². The average Bonchev–Trinajstić information content (AvgIpc) is 3.54. The number of carboxylic acid groups (broad SMARTS) is 1. The second-order valence-electron chi connectivity index (χ2n) is 13.0. The fourth-order valence-corrected chi connectivity index (χ4v) is 6.68. The minimum Gasteiger partial charge on any atom is -0.495 e. The molecule has 0 radical (unpaired) electrons. The first-order valence-corrected chi connectivity index (χ1v) is 17.7. The molecule has 12 heteroatoms. The minimum absolute atomic E-state index is 0.0243. The maximum Gasteiger partial charge on any atom is 0.416 e. The first-order valence-electron chi connectivity index (χ1n) is 17.7. The summed E-state index contributed by atoms with van der Waals surface area (Å²) in [4.78, 5) is 29.9. The predicted molar refractivity (Wildman–Crippen MR) is 199 cm³/mol. The zero-order chi connectivity index (χ0) is 37.4. The molecule has 0 aliphatic carbocycles. The molecule has 0 saturated carbocycles. The van der Waals surface area contributed by atoms with Crippen LogP contribution in [0.5, 0.6) is 11.5 Å². The van der Waals surface area contributed by atoms with Crippen LogP contribution in [0.25, 0.3) is 10.9 Å². The van der Waals surface area contributed by atoms with E-state index in [1.165, 1.54) is 12.1 Å². The number of nitrogens with one attached hydrogen (secondary N) is 1.